The average molecular weight is 344 g/mol. The molecule has 0 heterocycles. The van der Waals surface area contributed by atoms with Gasteiger partial charge in [-0.15, -0.1) is 0 Å². The number of hydrogen-bond donors (Lipinski definition) is 1. The highest BCUT2D eigenvalue weighted by molar-refractivity contribution is 9.10. The molecule has 0 aliphatic carbocycles. The third-order valence-corrected chi connectivity index (χ3v) is 3.91. The van der Waals surface area contributed by atoms with Crippen LogP contribution in [-0.4, -0.2) is 5.11 Å². The van der Waals surface area contributed by atoms with E-state index >= 15 is 0 Å². The van der Waals surface area contributed by atoms with E-state index in [2.05, 4.69) is 15.9 Å². The van der Waals surface area contributed by atoms with Gasteiger partial charge < -0.3 is 5.11 Å². The molecule has 0 aromatic heterocycles. The monoisotopic (exact) mass is 342 g/mol. The van der Waals surface area contributed by atoms with Crippen LogP contribution in [0.25, 0.3) is 0 Å². The summed E-state index contributed by atoms with van der Waals surface area (Å²) in [5.41, 5.74) is 0.0944. The molecule has 2 rings (SSSR count). The molecule has 2 aromatic rings. The molecule has 0 saturated heterocycles. The maximum absolute atomic E-state index is 13.9. The highest BCUT2D eigenvalue weighted by Crippen LogP contribution is 2.36. The van der Waals surface area contributed by atoms with Gasteiger partial charge in [-0.3, -0.25) is 0 Å². The minimum absolute atomic E-state index is 0.219. The average Bonchev–Trinajstić information content (AvgIpc) is 2.31. The Morgan fingerprint density at radius 2 is 1.84 bits per heavy atom. The summed E-state index contributed by atoms with van der Waals surface area (Å²) in [6.07, 6.45) is 0. The molecule has 0 saturated carbocycles. The minimum atomic E-state index is -1.48. The Balaban J connectivity index is 2.61. The van der Waals surface area contributed by atoms with Crippen LogP contribution in [0.5, 0.6) is 0 Å². The van der Waals surface area contributed by atoms with Gasteiger partial charge in [-0.25, -0.2) is 4.39 Å². The Morgan fingerprint density at radius 1 is 1.16 bits per heavy atom. The maximum atomic E-state index is 13.9. The van der Waals surface area contributed by atoms with E-state index in [9.17, 15) is 9.50 Å². The number of aryl methyl sites for hydroxylation is 1. The van der Waals surface area contributed by atoms with Crippen molar-refractivity contribution in [1.29, 1.82) is 0 Å². The van der Waals surface area contributed by atoms with Crippen LogP contribution >= 0.6 is 27.5 Å². The second-order valence-corrected chi connectivity index (χ2v) is 6.00. The van der Waals surface area contributed by atoms with Gasteiger partial charge in [0.15, 0.2) is 0 Å². The molecule has 0 bridgehead atoms. The van der Waals surface area contributed by atoms with Crippen LogP contribution in [0.3, 0.4) is 0 Å². The molecule has 0 amide bonds. The van der Waals surface area contributed by atoms with Gasteiger partial charge in [0, 0.05) is 20.6 Å². The van der Waals surface area contributed by atoms with Crippen LogP contribution in [0, 0.1) is 12.7 Å². The van der Waals surface area contributed by atoms with Crippen LogP contribution in [0.15, 0.2) is 40.9 Å². The normalized spacial score (nSPS) is 14.2. The number of halogens is 3. The summed E-state index contributed by atoms with van der Waals surface area (Å²) in [5.74, 6) is -0.449. The van der Waals surface area contributed by atoms with Crippen molar-refractivity contribution < 1.29 is 9.50 Å². The number of hydrogen-bond acceptors (Lipinski definition) is 1. The summed E-state index contributed by atoms with van der Waals surface area (Å²) < 4.78 is 14.8. The molecule has 4 heteroatoms. The first-order valence-electron chi connectivity index (χ1n) is 5.77. The zero-order chi connectivity index (χ0) is 14.2. The second-order valence-electron chi connectivity index (χ2n) is 4.68. The van der Waals surface area contributed by atoms with Crippen molar-refractivity contribution >= 4 is 27.5 Å². The summed E-state index contributed by atoms with van der Waals surface area (Å²) in [5, 5.41) is 11.1. The predicted octanol–water partition coefficient (Wildman–Crippen LogP) is 4.81. The fourth-order valence-electron chi connectivity index (χ4n) is 2.04. The Bertz CT molecular complexity index is 626. The first kappa shape index (κ1) is 14.5. The molecule has 1 nitrogen and oxygen atoms in total. The predicted molar refractivity (Wildman–Crippen MR) is 79.0 cm³/mol. The fraction of sp³-hybridized carbons (Fsp3) is 0.200. The standard InChI is InChI=1S/C15H13BrClFO/c1-9-3-6-14(18)12(7-9)15(2,19)11-5-4-10(16)8-13(11)17/h3-8,19H,1-2H3. The first-order valence-corrected chi connectivity index (χ1v) is 6.94. The van der Waals surface area contributed by atoms with Crippen molar-refractivity contribution in [2.45, 2.75) is 19.4 Å². The molecule has 0 fully saturated rings. The molecule has 2 aromatic carbocycles. The van der Waals surface area contributed by atoms with Crippen molar-refractivity contribution in [1.82, 2.24) is 0 Å². The molecule has 1 atom stereocenters. The van der Waals surface area contributed by atoms with Gasteiger partial charge in [0.25, 0.3) is 0 Å². The number of benzene rings is 2. The van der Waals surface area contributed by atoms with Crippen molar-refractivity contribution in [3.05, 3.63) is 68.4 Å². The second kappa shape index (κ2) is 5.23. The molecule has 100 valence electrons. The summed E-state index contributed by atoms with van der Waals surface area (Å²) in [6, 6.07) is 9.79. The smallest absolute Gasteiger partial charge is 0.129 e. The van der Waals surface area contributed by atoms with Gasteiger partial charge in [0.1, 0.15) is 11.4 Å². The summed E-state index contributed by atoms with van der Waals surface area (Å²) in [7, 11) is 0. The molecule has 0 aliphatic rings. The van der Waals surface area contributed by atoms with Gasteiger partial charge >= 0.3 is 0 Å². The third-order valence-electron chi connectivity index (χ3n) is 3.10. The molecule has 1 unspecified atom stereocenters. The first-order chi connectivity index (χ1) is 8.82. The van der Waals surface area contributed by atoms with E-state index in [0.29, 0.717) is 10.6 Å². The Kier molecular flexibility index (Phi) is 4.00. The molecule has 1 N–H and O–H groups in total. The molecular formula is C15H13BrClFO. The van der Waals surface area contributed by atoms with Crippen molar-refractivity contribution in [3.63, 3.8) is 0 Å². The van der Waals surface area contributed by atoms with E-state index < -0.39 is 11.4 Å². The van der Waals surface area contributed by atoms with E-state index in [4.69, 9.17) is 11.6 Å². The minimum Gasteiger partial charge on any atom is -0.381 e. The van der Waals surface area contributed by atoms with Gasteiger partial charge in [0.2, 0.25) is 0 Å². The van der Waals surface area contributed by atoms with Crippen LogP contribution < -0.4 is 0 Å². The van der Waals surface area contributed by atoms with Crippen molar-refractivity contribution in [2.24, 2.45) is 0 Å². The van der Waals surface area contributed by atoms with Gasteiger partial charge in [-0.05, 0) is 38.1 Å². The highest BCUT2D eigenvalue weighted by Gasteiger charge is 2.30. The van der Waals surface area contributed by atoms with Crippen molar-refractivity contribution in [3.8, 4) is 0 Å². The van der Waals surface area contributed by atoms with E-state index in [0.717, 1.165) is 10.0 Å². The number of aliphatic hydroxyl groups is 1. The van der Waals surface area contributed by atoms with E-state index in [1.165, 1.54) is 6.07 Å². The van der Waals surface area contributed by atoms with E-state index in [1.54, 1.807) is 37.3 Å². The fourth-order valence-corrected chi connectivity index (χ4v) is 2.90. The quantitative estimate of drug-likeness (QED) is 0.830. The Labute approximate surface area is 125 Å². The molecular weight excluding hydrogens is 331 g/mol. The van der Waals surface area contributed by atoms with Crippen LogP contribution in [-0.2, 0) is 5.60 Å². The summed E-state index contributed by atoms with van der Waals surface area (Å²) in [6.45, 7) is 3.39. The lowest BCUT2D eigenvalue weighted by Gasteiger charge is -2.26. The van der Waals surface area contributed by atoms with Crippen LogP contribution in [0.1, 0.15) is 23.6 Å². The highest BCUT2D eigenvalue weighted by atomic mass is 79.9. The van der Waals surface area contributed by atoms with Gasteiger partial charge in [-0.1, -0.05) is 45.2 Å². The summed E-state index contributed by atoms with van der Waals surface area (Å²) in [4.78, 5) is 0. The lowest BCUT2D eigenvalue weighted by atomic mass is 9.87. The van der Waals surface area contributed by atoms with Gasteiger partial charge in [0.05, 0.1) is 0 Å². The maximum Gasteiger partial charge on any atom is 0.129 e. The lowest BCUT2D eigenvalue weighted by molar-refractivity contribution is 0.0980. The van der Waals surface area contributed by atoms with Crippen LogP contribution in [0.2, 0.25) is 5.02 Å². The Hall–Kier alpha value is -0.900. The topological polar surface area (TPSA) is 20.2 Å². The molecule has 0 spiro atoms. The zero-order valence-corrected chi connectivity index (χ0v) is 12.9. The SMILES string of the molecule is Cc1ccc(F)c(C(C)(O)c2ccc(Br)cc2Cl)c1. The number of rotatable bonds is 2. The lowest BCUT2D eigenvalue weighted by Crippen LogP contribution is -2.25. The molecule has 19 heavy (non-hydrogen) atoms. The van der Waals surface area contributed by atoms with E-state index in [1.807, 2.05) is 6.92 Å². The summed E-state index contributed by atoms with van der Waals surface area (Å²) >= 11 is 9.45. The van der Waals surface area contributed by atoms with Gasteiger partial charge in [-0.2, -0.15) is 0 Å². The van der Waals surface area contributed by atoms with Crippen LogP contribution in [0.4, 0.5) is 4.39 Å². The van der Waals surface area contributed by atoms with Crippen molar-refractivity contribution in [2.75, 3.05) is 0 Å². The largest absolute Gasteiger partial charge is 0.381 e. The molecule has 0 radical (unpaired) electrons. The zero-order valence-electron chi connectivity index (χ0n) is 10.5. The Morgan fingerprint density at radius 3 is 2.47 bits per heavy atom. The van der Waals surface area contributed by atoms with E-state index in [-0.39, 0.29) is 5.56 Å². The third kappa shape index (κ3) is 2.83. The molecule has 0 aliphatic heterocycles.